The molecule has 1 unspecified atom stereocenters. The summed E-state index contributed by atoms with van der Waals surface area (Å²) in [7, 11) is 0. The van der Waals surface area contributed by atoms with Crippen molar-refractivity contribution < 1.29 is 13.6 Å². The zero-order valence-corrected chi connectivity index (χ0v) is 14.0. The fourth-order valence-corrected chi connectivity index (χ4v) is 3.09. The van der Waals surface area contributed by atoms with Crippen LogP contribution in [0.4, 0.5) is 15.8 Å². The number of hydrogen-bond donors (Lipinski definition) is 3. The van der Waals surface area contributed by atoms with Crippen molar-refractivity contribution in [1.29, 1.82) is 0 Å². The van der Waals surface area contributed by atoms with Crippen LogP contribution in [0.3, 0.4) is 0 Å². The van der Waals surface area contributed by atoms with Gasteiger partial charge in [-0.3, -0.25) is 4.79 Å². The number of furan rings is 1. The largest absolute Gasteiger partial charge is 0.449 e. The van der Waals surface area contributed by atoms with Gasteiger partial charge in [-0.15, -0.1) is 0 Å². The molecule has 1 aliphatic heterocycles. The topological polar surface area (TPSA) is 66.3 Å². The standard InChI is InChI=1S/C17H13BrFN3O2/c18-9-5-6-13-10(7-9)15-16(24-13)17(23)22-14(21-15)8-20-12-4-2-1-3-11(12)19/h1-7,14,20-21H,8H2,(H,22,23). The first-order valence-electron chi connectivity index (χ1n) is 7.39. The van der Waals surface area contributed by atoms with Gasteiger partial charge in [0.15, 0.2) is 0 Å². The summed E-state index contributed by atoms with van der Waals surface area (Å²) in [6.07, 6.45) is -0.385. The summed E-state index contributed by atoms with van der Waals surface area (Å²) >= 11 is 3.42. The number of halogens is 2. The lowest BCUT2D eigenvalue weighted by Crippen LogP contribution is -2.48. The Morgan fingerprint density at radius 1 is 1.21 bits per heavy atom. The number of carbonyl (C=O) groups excluding carboxylic acids is 1. The summed E-state index contributed by atoms with van der Waals surface area (Å²) in [6.45, 7) is 0.326. The first kappa shape index (κ1) is 15.0. The summed E-state index contributed by atoms with van der Waals surface area (Å²) in [5.74, 6) is -0.375. The van der Waals surface area contributed by atoms with Crippen LogP contribution in [0.5, 0.6) is 0 Å². The molecule has 1 amide bonds. The van der Waals surface area contributed by atoms with Crippen molar-refractivity contribution in [3.63, 3.8) is 0 Å². The maximum absolute atomic E-state index is 13.7. The first-order valence-corrected chi connectivity index (χ1v) is 8.19. The molecule has 1 aliphatic rings. The molecule has 3 aromatic rings. The average Bonchev–Trinajstić information content (AvgIpc) is 2.93. The van der Waals surface area contributed by atoms with Crippen LogP contribution < -0.4 is 16.0 Å². The zero-order valence-electron chi connectivity index (χ0n) is 12.4. The molecule has 0 radical (unpaired) electrons. The minimum atomic E-state index is -0.385. The van der Waals surface area contributed by atoms with Gasteiger partial charge in [-0.2, -0.15) is 0 Å². The third kappa shape index (κ3) is 2.60. The Morgan fingerprint density at radius 2 is 2.04 bits per heavy atom. The second-order valence-corrected chi connectivity index (χ2v) is 6.39. The highest BCUT2D eigenvalue weighted by molar-refractivity contribution is 9.10. The molecule has 24 heavy (non-hydrogen) atoms. The molecule has 0 saturated heterocycles. The quantitative estimate of drug-likeness (QED) is 0.634. The van der Waals surface area contributed by atoms with Crippen LogP contribution >= 0.6 is 15.9 Å². The summed E-state index contributed by atoms with van der Waals surface area (Å²) in [5.41, 5.74) is 1.67. The number of rotatable bonds is 3. The van der Waals surface area contributed by atoms with Gasteiger partial charge >= 0.3 is 0 Å². The molecule has 2 aromatic carbocycles. The molecule has 1 atom stereocenters. The number of para-hydroxylation sites is 1. The van der Waals surface area contributed by atoms with Gasteiger partial charge in [0, 0.05) is 9.86 Å². The Labute approximate surface area is 145 Å². The van der Waals surface area contributed by atoms with E-state index in [9.17, 15) is 9.18 Å². The Balaban J connectivity index is 1.59. The second-order valence-electron chi connectivity index (χ2n) is 5.48. The minimum absolute atomic E-state index is 0.255. The molecule has 3 N–H and O–H groups in total. The maximum Gasteiger partial charge on any atom is 0.290 e. The van der Waals surface area contributed by atoms with E-state index in [1.807, 2.05) is 12.1 Å². The van der Waals surface area contributed by atoms with Crippen molar-refractivity contribution in [2.75, 3.05) is 17.2 Å². The Kier molecular flexibility index (Phi) is 3.65. The lowest BCUT2D eigenvalue weighted by atomic mass is 10.1. The van der Waals surface area contributed by atoms with Crippen LogP contribution in [0.2, 0.25) is 0 Å². The van der Waals surface area contributed by atoms with E-state index in [0.29, 0.717) is 23.5 Å². The third-order valence-electron chi connectivity index (χ3n) is 3.85. The lowest BCUT2D eigenvalue weighted by Gasteiger charge is -2.25. The highest BCUT2D eigenvalue weighted by Gasteiger charge is 2.29. The zero-order chi connectivity index (χ0) is 16.7. The van der Waals surface area contributed by atoms with Crippen LogP contribution in [-0.2, 0) is 0 Å². The molecule has 4 rings (SSSR count). The van der Waals surface area contributed by atoms with E-state index in [1.165, 1.54) is 6.07 Å². The van der Waals surface area contributed by atoms with Crippen LogP contribution in [-0.4, -0.2) is 18.6 Å². The van der Waals surface area contributed by atoms with Crippen molar-refractivity contribution in [3.8, 4) is 0 Å². The number of fused-ring (bicyclic) bond motifs is 3. The maximum atomic E-state index is 13.7. The number of amides is 1. The highest BCUT2D eigenvalue weighted by Crippen LogP contribution is 2.34. The number of nitrogens with one attached hydrogen (secondary N) is 3. The molecule has 2 heterocycles. The van der Waals surface area contributed by atoms with E-state index in [0.717, 1.165) is 9.86 Å². The van der Waals surface area contributed by atoms with Crippen LogP contribution in [0.15, 0.2) is 51.4 Å². The van der Waals surface area contributed by atoms with Gasteiger partial charge in [-0.05, 0) is 30.3 Å². The molecule has 0 bridgehead atoms. The molecule has 0 spiro atoms. The molecular formula is C17H13BrFN3O2. The van der Waals surface area contributed by atoms with Crippen molar-refractivity contribution >= 4 is 44.2 Å². The number of hydrogen-bond acceptors (Lipinski definition) is 4. The monoisotopic (exact) mass is 389 g/mol. The van der Waals surface area contributed by atoms with Gasteiger partial charge in [0.25, 0.3) is 5.91 Å². The number of carbonyl (C=O) groups is 1. The van der Waals surface area contributed by atoms with E-state index in [2.05, 4.69) is 31.9 Å². The molecular weight excluding hydrogens is 377 g/mol. The number of benzene rings is 2. The van der Waals surface area contributed by atoms with E-state index >= 15 is 0 Å². The molecule has 0 saturated carbocycles. The van der Waals surface area contributed by atoms with Crippen molar-refractivity contribution in [2.45, 2.75) is 6.17 Å². The van der Waals surface area contributed by atoms with E-state index in [4.69, 9.17) is 4.42 Å². The SMILES string of the molecule is O=C1NC(CNc2ccccc2F)Nc2c1oc1ccc(Br)cc21. The molecule has 5 nitrogen and oxygen atoms in total. The van der Waals surface area contributed by atoms with E-state index in [-0.39, 0.29) is 23.7 Å². The van der Waals surface area contributed by atoms with E-state index < -0.39 is 0 Å². The fraction of sp³-hybridized carbons (Fsp3) is 0.118. The summed E-state index contributed by atoms with van der Waals surface area (Å²) < 4.78 is 20.2. The smallest absolute Gasteiger partial charge is 0.290 e. The van der Waals surface area contributed by atoms with Crippen molar-refractivity contribution in [1.82, 2.24) is 5.32 Å². The van der Waals surface area contributed by atoms with Crippen LogP contribution in [0, 0.1) is 5.82 Å². The Bertz CT molecular complexity index is 941. The molecule has 1 aromatic heterocycles. The Hall–Kier alpha value is -2.54. The van der Waals surface area contributed by atoms with Crippen LogP contribution in [0.25, 0.3) is 11.0 Å². The minimum Gasteiger partial charge on any atom is -0.449 e. The Morgan fingerprint density at radius 3 is 2.88 bits per heavy atom. The lowest BCUT2D eigenvalue weighted by molar-refractivity contribution is 0.0911. The van der Waals surface area contributed by atoms with Gasteiger partial charge in [0.1, 0.15) is 17.6 Å². The molecule has 122 valence electrons. The van der Waals surface area contributed by atoms with Gasteiger partial charge in [-0.25, -0.2) is 4.39 Å². The van der Waals surface area contributed by atoms with Gasteiger partial charge in [0.05, 0.1) is 17.9 Å². The number of anilines is 2. The molecule has 0 aliphatic carbocycles. The van der Waals surface area contributed by atoms with Gasteiger partial charge < -0.3 is 20.4 Å². The molecule has 7 heteroatoms. The van der Waals surface area contributed by atoms with Gasteiger partial charge in [-0.1, -0.05) is 28.1 Å². The van der Waals surface area contributed by atoms with E-state index in [1.54, 1.807) is 24.3 Å². The predicted octanol–water partition coefficient (Wildman–Crippen LogP) is 3.93. The second kappa shape index (κ2) is 5.83. The van der Waals surface area contributed by atoms with Crippen molar-refractivity contribution in [2.24, 2.45) is 0 Å². The van der Waals surface area contributed by atoms with Crippen molar-refractivity contribution in [3.05, 3.63) is 58.5 Å². The summed E-state index contributed by atoms with van der Waals surface area (Å²) in [4.78, 5) is 12.3. The summed E-state index contributed by atoms with van der Waals surface area (Å²) in [5, 5.41) is 9.85. The fourth-order valence-electron chi connectivity index (χ4n) is 2.73. The third-order valence-corrected chi connectivity index (χ3v) is 4.34. The predicted molar refractivity (Wildman–Crippen MR) is 93.7 cm³/mol. The molecule has 0 fully saturated rings. The van der Waals surface area contributed by atoms with Crippen LogP contribution in [0.1, 0.15) is 10.6 Å². The summed E-state index contributed by atoms with van der Waals surface area (Å²) in [6, 6.07) is 12.0. The average molecular weight is 390 g/mol. The first-order chi connectivity index (χ1) is 11.6. The highest BCUT2D eigenvalue weighted by atomic mass is 79.9. The van der Waals surface area contributed by atoms with Gasteiger partial charge in [0.2, 0.25) is 5.76 Å². The normalized spacial score (nSPS) is 16.4.